The average molecular weight is 168 g/mol. The highest BCUT2D eigenvalue weighted by atomic mass is 16.2. The first-order chi connectivity index (χ1) is 5.66. The van der Waals surface area contributed by atoms with E-state index in [1.165, 1.54) is 4.90 Å². The van der Waals surface area contributed by atoms with Gasteiger partial charge in [-0.2, -0.15) is 0 Å². The molecule has 1 heterocycles. The predicted octanol–water partition coefficient (Wildman–Crippen LogP) is 0.503. The monoisotopic (exact) mass is 168 g/mol. The molecule has 1 fully saturated rings. The van der Waals surface area contributed by atoms with Crippen LogP contribution in [0.15, 0.2) is 12.7 Å². The molecule has 1 aliphatic rings. The third kappa shape index (κ3) is 1.47. The molecule has 0 aromatic heterocycles. The van der Waals surface area contributed by atoms with Crippen molar-refractivity contribution in [3.8, 4) is 0 Å². The van der Waals surface area contributed by atoms with Crippen molar-refractivity contribution < 1.29 is 9.59 Å². The Labute approximate surface area is 71.2 Å². The van der Waals surface area contributed by atoms with Crippen LogP contribution in [0.1, 0.15) is 13.3 Å². The van der Waals surface area contributed by atoms with Crippen LogP contribution in [-0.4, -0.2) is 29.4 Å². The first kappa shape index (κ1) is 8.77. The second-order valence-corrected chi connectivity index (χ2v) is 2.80. The lowest BCUT2D eigenvalue weighted by molar-refractivity contribution is -0.126. The third-order valence-corrected chi connectivity index (χ3v) is 1.83. The molecule has 0 aromatic carbocycles. The molecule has 1 rings (SSSR count). The summed E-state index contributed by atoms with van der Waals surface area (Å²) in [6, 6.07) is -0.383. The fourth-order valence-corrected chi connectivity index (χ4v) is 1.23. The summed E-state index contributed by atoms with van der Waals surface area (Å²) in [7, 11) is 0. The van der Waals surface area contributed by atoms with E-state index in [9.17, 15) is 9.59 Å². The second kappa shape index (κ2) is 3.38. The Morgan fingerprint density at radius 1 is 1.75 bits per heavy atom. The largest absolute Gasteiger partial charge is 0.329 e. The fourth-order valence-electron chi connectivity index (χ4n) is 1.23. The lowest BCUT2D eigenvalue weighted by Crippen LogP contribution is -2.38. The van der Waals surface area contributed by atoms with E-state index in [1.54, 1.807) is 6.08 Å². The Kier molecular flexibility index (Phi) is 2.47. The molecule has 0 radical (unpaired) electrons. The molecule has 1 saturated heterocycles. The van der Waals surface area contributed by atoms with Gasteiger partial charge in [0.05, 0.1) is 6.54 Å². The van der Waals surface area contributed by atoms with E-state index in [0.29, 0.717) is 6.42 Å². The number of carbonyl (C=O) groups excluding carboxylic acids is 2. The zero-order chi connectivity index (χ0) is 9.14. The highest BCUT2D eigenvalue weighted by molar-refractivity contribution is 6.02. The number of rotatable bonds is 3. The molecule has 1 N–H and O–H groups in total. The van der Waals surface area contributed by atoms with Crippen molar-refractivity contribution in [2.75, 3.05) is 6.54 Å². The van der Waals surface area contributed by atoms with E-state index in [1.807, 2.05) is 6.92 Å². The van der Waals surface area contributed by atoms with Crippen molar-refractivity contribution in [3.63, 3.8) is 0 Å². The number of amides is 3. The second-order valence-electron chi connectivity index (χ2n) is 2.80. The van der Waals surface area contributed by atoms with E-state index < -0.39 is 0 Å². The maximum Gasteiger partial charge on any atom is 0.324 e. The van der Waals surface area contributed by atoms with Crippen LogP contribution in [0.5, 0.6) is 0 Å². The Morgan fingerprint density at radius 2 is 2.42 bits per heavy atom. The minimum atomic E-state index is -0.297. The maximum absolute atomic E-state index is 11.1. The summed E-state index contributed by atoms with van der Waals surface area (Å²) in [5, 5.41) is 2.46. The number of carbonyl (C=O) groups is 2. The molecule has 4 nitrogen and oxygen atoms in total. The SMILES string of the molecule is C=CCC(C)N1C(=O)CNC1=O. The lowest BCUT2D eigenvalue weighted by Gasteiger charge is -2.19. The number of urea groups is 1. The van der Waals surface area contributed by atoms with Crippen LogP contribution in [0.4, 0.5) is 4.79 Å². The highest BCUT2D eigenvalue weighted by Crippen LogP contribution is 2.08. The van der Waals surface area contributed by atoms with Crippen LogP contribution < -0.4 is 5.32 Å². The van der Waals surface area contributed by atoms with Gasteiger partial charge in [-0.3, -0.25) is 9.69 Å². The molecule has 66 valence electrons. The van der Waals surface area contributed by atoms with Gasteiger partial charge in [-0.15, -0.1) is 6.58 Å². The van der Waals surface area contributed by atoms with Crippen molar-refractivity contribution in [2.24, 2.45) is 0 Å². The van der Waals surface area contributed by atoms with Gasteiger partial charge in [-0.05, 0) is 13.3 Å². The van der Waals surface area contributed by atoms with E-state index >= 15 is 0 Å². The fraction of sp³-hybridized carbons (Fsp3) is 0.500. The topological polar surface area (TPSA) is 49.4 Å². The van der Waals surface area contributed by atoms with Gasteiger partial charge in [0.1, 0.15) is 0 Å². The summed E-state index contributed by atoms with van der Waals surface area (Å²) >= 11 is 0. The Balaban J connectivity index is 2.65. The van der Waals surface area contributed by atoms with Gasteiger partial charge in [-0.1, -0.05) is 6.08 Å². The summed E-state index contributed by atoms with van der Waals surface area (Å²) in [6.45, 7) is 5.50. The zero-order valence-corrected chi connectivity index (χ0v) is 7.04. The number of nitrogens with zero attached hydrogens (tertiary/aromatic N) is 1. The van der Waals surface area contributed by atoms with Gasteiger partial charge in [0.25, 0.3) is 0 Å². The Hall–Kier alpha value is -1.32. The molecule has 12 heavy (non-hydrogen) atoms. The standard InChI is InChI=1S/C8H12N2O2/c1-3-4-6(2)10-7(11)5-9-8(10)12/h3,6H,1,4-5H2,2H3,(H,9,12). The van der Waals surface area contributed by atoms with E-state index in [2.05, 4.69) is 11.9 Å². The van der Waals surface area contributed by atoms with Gasteiger partial charge in [-0.25, -0.2) is 4.79 Å². The predicted molar refractivity (Wildman–Crippen MR) is 44.5 cm³/mol. The number of hydrogen-bond acceptors (Lipinski definition) is 2. The summed E-state index contributed by atoms with van der Waals surface area (Å²) in [4.78, 5) is 23.4. The molecule has 0 bridgehead atoms. The van der Waals surface area contributed by atoms with Crippen LogP contribution in [0, 0.1) is 0 Å². The average Bonchev–Trinajstić information content (AvgIpc) is 2.32. The number of hydrogen-bond donors (Lipinski definition) is 1. The Bertz CT molecular complexity index is 209. The highest BCUT2D eigenvalue weighted by Gasteiger charge is 2.31. The minimum Gasteiger partial charge on any atom is -0.329 e. The van der Waals surface area contributed by atoms with Crippen LogP contribution in [0.3, 0.4) is 0 Å². The summed E-state index contributed by atoms with van der Waals surface area (Å²) < 4.78 is 0. The van der Waals surface area contributed by atoms with Gasteiger partial charge in [0.15, 0.2) is 0 Å². The molecule has 1 aliphatic heterocycles. The van der Waals surface area contributed by atoms with Gasteiger partial charge in [0, 0.05) is 6.04 Å². The summed E-state index contributed by atoms with van der Waals surface area (Å²) in [6.07, 6.45) is 2.34. The summed E-state index contributed by atoms with van der Waals surface area (Å²) in [5.41, 5.74) is 0. The molecule has 4 heteroatoms. The van der Waals surface area contributed by atoms with Crippen molar-refractivity contribution >= 4 is 11.9 Å². The van der Waals surface area contributed by atoms with Crippen LogP contribution in [0.25, 0.3) is 0 Å². The molecule has 1 unspecified atom stereocenters. The van der Waals surface area contributed by atoms with Crippen molar-refractivity contribution in [1.82, 2.24) is 10.2 Å². The van der Waals surface area contributed by atoms with E-state index in [-0.39, 0.29) is 24.5 Å². The van der Waals surface area contributed by atoms with Crippen LogP contribution >= 0.6 is 0 Å². The van der Waals surface area contributed by atoms with Gasteiger partial charge < -0.3 is 5.32 Å². The molecule has 3 amide bonds. The number of imide groups is 1. The third-order valence-electron chi connectivity index (χ3n) is 1.83. The van der Waals surface area contributed by atoms with Crippen molar-refractivity contribution in [2.45, 2.75) is 19.4 Å². The molecular weight excluding hydrogens is 156 g/mol. The van der Waals surface area contributed by atoms with E-state index in [4.69, 9.17) is 0 Å². The van der Waals surface area contributed by atoms with Crippen LogP contribution in [-0.2, 0) is 4.79 Å². The smallest absolute Gasteiger partial charge is 0.324 e. The maximum atomic E-state index is 11.1. The minimum absolute atomic E-state index is 0.0856. The molecule has 0 aromatic rings. The zero-order valence-electron chi connectivity index (χ0n) is 7.04. The molecule has 0 saturated carbocycles. The van der Waals surface area contributed by atoms with Gasteiger partial charge in [0.2, 0.25) is 5.91 Å². The molecule has 1 atom stereocenters. The molecule has 0 spiro atoms. The lowest BCUT2D eigenvalue weighted by atomic mass is 10.2. The first-order valence-electron chi connectivity index (χ1n) is 3.87. The van der Waals surface area contributed by atoms with Crippen molar-refractivity contribution in [1.29, 1.82) is 0 Å². The first-order valence-corrected chi connectivity index (χ1v) is 3.87. The van der Waals surface area contributed by atoms with Crippen LogP contribution in [0.2, 0.25) is 0 Å². The normalized spacial score (nSPS) is 19.2. The molecule has 0 aliphatic carbocycles. The van der Waals surface area contributed by atoms with Crippen molar-refractivity contribution in [3.05, 3.63) is 12.7 Å². The Morgan fingerprint density at radius 3 is 2.83 bits per heavy atom. The van der Waals surface area contributed by atoms with E-state index in [0.717, 1.165) is 0 Å². The van der Waals surface area contributed by atoms with Gasteiger partial charge >= 0.3 is 6.03 Å². The number of nitrogens with one attached hydrogen (secondary N) is 1. The summed E-state index contributed by atoms with van der Waals surface area (Å²) in [5.74, 6) is -0.158. The molecular formula is C8H12N2O2. The quantitative estimate of drug-likeness (QED) is 0.493.